The van der Waals surface area contributed by atoms with E-state index in [4.69, 9.17) is 15.6 Å². The number of hydrogen-bond acceptors (Lipinski definition) is 4. The van der Waals surface area contributed by atoms with Crippen LogP contribution in [0.4, 0.5) is 0 Å². The number of aliphatic imine (C=N–C) groups is 2. The van der Waals surface area contributed by atoms with Gasteiger partial charge in [0.2, 0.25) is 5.70 Å². The lowest BCUT2D eigenvalue weighted by Crippen LogP contribution is -2.53. The molecule has 6 rings (SSSR count). The van der Waals surface area contributed by atoms with Gasteiger partial charge < -0.3 is 4.74 Å². The van der Waals surface area contributed by atoms with E-state index in [2.05, 4.69) is 47.5 Å². The Morgan fingerprint density at radius 2 is 1.62 bits per heavy atom. The summed E-state index contributed by atoms with van der Waals surface area (Å²) in [7, 11) is 0. The van der Waals surface area contributed by atoms with E-state index < -0.39 is 0 Å². The zero-order chi connectivity index (χ0) is 23.0. The second-order valence-corrected chi connectivity index (χ2v) is 8.35. The van der Waals surface area contributed by atoms with Gasteiger partial charge in [0.1, 0.15) is 24.3 Å². The topological polar surface area (TPSA) is 60.0 Å². The minimum atomic E-state index is -0.0375. The minimum Gasteiger partial charge on any atom is -0.489 e. The molecule has 2 aliphatic heterocycles. The van der Waals surface area contributed by atoms with Crippen LogP contribution in [-0.4, -0.2) is 16.6 Å². The predicted octanol–water partition coefficient (Wildman–Crippen LogP) is 5.79. The lowest BCUT2D eigenvalue weighted by molar-refractivity contribution is -0.749. The Morgan fingerprint density at radius 3 is 2.53 bits per heavy atom. The normalized spacial score (nSPS) is 18.8. The molecule has 5 heteroatoms. The summed E-state index contributed by atoms with van der Waals surface area (Å²) >= 11 is 0. The molecule has 4 aromatic rings. The predicted molar refractivity (Wildman–Crippen MR) is 137 cm³/mol. The van der Waals surface area contributed by atoms with Crippen LogP contribution in [0.2, 0.25) is 0 Å². The molecule has 34 heavy (non-hydrogen) atoms. The van der Waals surface area contributed by atoms with E-state index in [1.807, 2.05) is 67.0 Å². The molecule has 0 fully saturated rings. The van der Waals surface area contributed by atoms with Gasteiger partial charge in [-0.1, -0.05) is 78.9 Å². The fourth-order valence-corrected chi connectivity index (χ4v) is 4.47. The molecule has 4 aromatic carbocycles. The van der Waals surface area contributed by atoms with Crippen LogP contribution in [0.5, 0.6) is 5.75 Å². The van der Waals surface area contributed by atoms with Gasteiger partial charge in [0, 0.05) is 5.56 Å². The molecule has 164 valence electrons. The summed E-state index contributed by atoms with van der Waals surface area (Å²) < 4.78 is 6.03. The molecular formula is C29H23N4O+. The van der Waals surface area contributed by atoms with E-state index in [0.717, 1.165) is 50.4 Å². The standard InChI is InChI=1S/C29H23N4O/c30-33-17-16-31-19-27(33)28(26-15-7-11-22-10-4-5-14-25(22)26)32-29(33)23-12-6-13-24(18-23)34-20-21-8-2-1-3-9-21/h1-19H,20,30H2/q+1. The van der Waals surface area contributed by atoms with E-state index in [9.17, 15) is 0 Å². The summed E-state index contributed by atoms with van der Waals surface area (Å²) in [6.45, 7) is 0.497. The summed E-state index contributed by atoms with van der Waals surface area (Å²) in [5.74, 6) is 8.45. The first kappa shape index (κ1) is 20.3. The fraction of sp³-hybridized carbons (Fsp3) is 0.0345. The van der Waals surface area contributed by atoms with E-state index in [1.165, 1.54) is 0 Å². The number of amidine groups is 1. The van der Waals surface area contributed by atoms with Crippen LogP contribution in [0.3, 0.4) is 0 Å². The van der Waals surface area contributed by atoms with Crippen molar-refractivity contribution in [2.45, 2.75) is 6.61 Å². The second kappa shape index (κ2) is 8.23. The maximum Gasteiger partial charge on any atom is 0.265 e. The van der Waals surface area contributed by atoms with Crippen molar-refractivity contribution < 1.29 is 9.33 Å². The van der Waals surface area contributed by atoms with Gasteiger partial charge in [0.05, 0.1) is 18.0 Å². The molecule has 0 spiro atoms. The van der Waals surface area contributed by atoms with Gasteiger partial charge in [0.25, 0.3) is 5.84 Å². The minimum absolute atomic E-state index is 0.0375. The molecular weight excluding hydrogens is 420 g/mol. The number of fused-ring (bicyclic) bond motifs is 2. The summed E-state index contributed by atoms with van der Waals surface area (Å²) in [4.78, 5) is 9.47. The number of hydrogen-bond donors (Lipinski definition) is 1. The molecule has 2 aliphatic rings. The van der Waals surface area contributed by atoms with Crippen molar-refractivity contribution in [2.24, 2.45) is 15.8 Å². The number of nitrogens with two attached hydrogens (primary N) is 1. The van der Waals surface area contributed by atoms with Crippen molar-refractivity contribution in [1.29, 1.82) is 0 Å². The van der Waals surface area contributed by atoms with Crippen LogP contribution >= 0.6 is 0 Å². The average molecular weight is 444 g/mol. The van der Waals surface area contributed by atoms with E-state index in [1.54, 1.807) is 6.20 Å². The maximum absolute atomic E-state index is 6.96. The summed E-state index contributed by atoms with van der Waals surface area (Å²) in [6, 6.07) is 32.6. The molecule has 0 amide bonds. The molecule has 0 radical (unpaired) electrons. The highest BCUT2D eigenvalue weighted by Crippen LogP contribution is 2.38. The van der Waals surface area contributed by atoms with Crippen LogP contribution in [-0.2, 0) is 6.61 Å². The zero-order valence-electron chi connectivity index (χ0n) is 18.5. The van der Waals surface area contributed by atoms with Gasteiger partial charge in [0.15, 0.2) is 0 Å². The largest absolute Gasteiger partial charge is 0.489 e. The molecule has 0 bridgehead atoms. The smallest absolute Gasteiger partial charge is 0.265 e. The quantitative estimate of drug-likeness (QED) is 0.313. The maximum atomic E-state index is 6.96. The number of ether oxygens (including phenoxy) is 1. The van der Waals surface area contributed by atoms with Gasteiger partial charge in [-0.05, 0) is 34.5 Å². The lowest BCUT2D eigenvalue weighted by Gasteiger charge is -2.26. The van der Waals surface area contributed by atoms with E-state index in [-0.39, 0.29) is 4.59 Å². The Labute approximate surface area is 198 Å². The third kappa shape index (κ3) is 3.44. The summed E-state index contributed by atoms with van der Waals surface area (Å²) in [6.07, 6.45) is 5.40. The van der Waals surface area contributed by atoms with Gasteiger partial charge in [-0.25, -0.2) is 0 Å². The SMILES string of the molecule is N[N+]12C=CN=CC1=C(c1cccc3ccccc13)N=C2c1cccc(OCc2ccccc2)c1. The van der Waals surface area contributed by atoms with Crippen LogP contribution < -0.4 is 10.6 Å². The number of quaternary nitrogens is 1. The van der Waals surface area contributed by atoms with Gasteiger partial charge in [-0.3, -0.25) is 4.99 Å². The number of benzene rings is 4. The van der Waals surface area contributed by atoms with Crippen LogP contribution in [0.1, 0.15) is 16.7 Å². The summed E-state index contributed by atoms with van der Waals surface area (Å²) in [5.41, 5.74) is 4.73. The van der Waals surface area contributed by atoms with Crippen LogP contribution in [0, 0.1) is 0 Å². The zero-order valence-corrected chi connectivity index (χ0v) is 18.5. The molecule has 2 N–H and O–H groups in total. The second-order valence-electron chi connectivity index (χ2n) is 8.35. The first-order chi connectivity index (χ1) is 16.7. The van der Waals surface area contributed by atoms with Crippen molar-refractivity contribution in [3.8, 4) is 5.75 Å². The first-order valence-electron chi connectivity index (χ1n) is 11.2. The van der Waals surface area contributed by atoms with Gasteiger partial charge in [-0.15, -0.1) is 4.59 Å². The Hall–Kier alpha value is -4.32. The Balaban J connectivity index is 1.42. The molecule has 0 saturated carbocycles. The third-order valence-electron chi connectivity index (χ3n) is 6.18. The van der Waals surface area contributed by atoms with E-state index >= 15 is 0 Å². The Bertz CT molecular complexity index is 1510. The molecule has 0 aliphatic carbocycles. The Morgan fingerprint density at radius 1 is 0.824 bits per heavy atom. The lowest BCUT2D eigenvalue weighted by atomic mass is 10.0. The number of allylic oxidation sites excluding steroid dienone is 1. The van der Waals surface area contributed by atoms with Crippen molar-refractivity contribution >= 4 is 28.5 Å². The van der Waals surface area contributed by atoms with Gasteiger partial charge in [-0.2, -0.15) is 10.8 Å². The van der Waals surface area contributed by atoms with E-state index in [0.29, 0.717) is 6.61 Å². The summed E-state index contributed by atoms with van der Waals surface area (Å²) in [5, 5.41) is 2.29. The van der Waals surface area contributed by atoms with Crippen LogP contribution in [0.15, 0.2) is 125 Å². The van der Waals surface area contributed by atoms with Crippen molar-refractivity contribution in [3.63, 3.8) is 0 Å². The van der Waals surface area contributed by atoms with Crippen molar-refractivity contribution in [2.75, 3.05) is 0 Å². The average Bonchev–Trinajstić information content (AvgIpc) is 3.21. The third-order valence-corrected chi connectivity index (χ3v) is 6.18. The van der Waals surface area contributed by atoms with Crippen LogP contribution in [0.25, 0.3) is 16.5 Å². The molecule has 2 heterocycles. The fourth-order valence-electron chi connectivity index (χ4n) is 4.47. The number of nitrogens with zero attached hydrogens (tertiary/aromatic N) is 3. The number of rotatable bonds is 5. The molecule has 5 nitrogen and oxygen atoms in total. The highest BCUT2D eigenvalue weighted by molar-refractivity contribution is 6.09. The molecule has 1 unspecified atom stereocenters. The van der Waals surface area contributed by atoms with Crippen molar-refractivity contribution in [1.82, 2.24) is 0 Å². The monoisotopic (exact) mass is 443 g/mol. The van der Waals surface area contributed by atoms with Crippen molar-refractivity contribution in [3.05, 3.63) is 132 Å². The first-order valence-corrected chi connectivity index (χ1v) is 11.2. The molecule has 1 atom stereocenters. The molecule has 0 aromatic heterocycles. The molecule has 0 saturated heterocycles. The highest BCUT2D eigenvalue weighted by atomic mass is 16.5. The highest BCUT2D eigenvalue weighted by Gasteiger charge is 2.44. The Kier molecular flexibility index (Phi) is 4.91. The van der Waals surface area contributed by atoms with Gasteiger partial charge >= 0.3 is 0 Å².